The zero-order chi connectivity index (χ0) is 27.4. The Morgan fingerprint density at radius 1 is 1.14 bits per heavy atom. The van der Waals surface area contributed by atoms with Crippen LogP contribution in [0.5, 0.6) is 0 Å². The third-order valence-electron chi connectivity index (χ3n) is 6.76. The van der Waals surface area contributed by atoms with Crippen molar-refractivity contribution in [3.8, 4) is 17.2 Å². The molecule has 1 saturated heterocycles. The zero-order valence-electron chi connectivity index (χ0n) is 21.7. The molecule has 1 aliphatic heterocycles. The summed E-state index contributed by atoms with van der Waals surface area (Å²) in [6.45, 7) is 7.53. The van der Waals surface area contributed by atoms with E-state index >= 15 is 0 Å². The van der Waals surface area contributed by atoms with E-state index in [0.717, 1.165) is 22.3 Å². The summed E-state index contributed by atoms with van der Waals surface area (Å²) in [6.07, 6.45) is -0.712. The van der Waals surface area contributed by atoms with Gasteiger partial charge in [-0.2, -0.15) is 5.26 Å². The van der Waals surface area contributed by atoms with Gasteiger partial charge in [-0.15, -0.1) is 0 Å². The minimum atomic E-state index is -1.38. The minimum Gasteiger partial charge on any atom is -0.465 e. The van der Waals surface area contributed by atoms with Crippen molar-refractivity contribution in [3.05, 3.63) is 59.2 Å². The quantitative estimate of drug-likeness (QED) is 0.525. The van der Waals surface area contributed by atoms with Crippen molar-refractivity contribution in [1.82, 2.24) is 10.2 Å². The predicted molar refractivity (Wildman–Crippen MR) is 139 cm³/mol. The third kappa shape index (κ3) is 6.09. The molecular formula is C28H34N4O5. The fourth-order valence-electron chi connectivity index (χ4n) is 4.93. The van der Waals surface area contributed by atoms with E-state index in [4.69, 9.17) is 15.7 Å². The van der Waals surface area contributed by atoms with Crippen LogP contribution in [-0.4, -0.2) is 58.2 Å². The maximum Gasteiger partial charge on any atom is 0.408 e. The van der Waals surface area contributed by atoms with Crippen LogP contribution in [0.15, 0.2) is 42.5 Å². The molecular weight excluding hydrogens is 472 g/mol. The number of nitrogens with zero attached hydrogens (tertiary/aromatic N) is 2. The van der Waals surface area contributed by atoms with Gasteiger partial charge in [0.2, 0.25) is 11.8 Å². The second kappa shape index (κ2) is 11.0. The molecule has 3 rings (SSSR count). The number of carbonyl (C=O) groups excluding carboxylic acids is 2. The van der Waals surface area contributed by atoms with Crippen LogP contribution in [0, 0.1) is 18.3 Å². The average molecular weight is 507 g/mol. The lowest BCUT2D eigenvalue weighted by molar-refractivity contribution is -0.145. The second-order valence-corrected chi connectivity index (χ2v) is 10.4. The van der Waals surface area contributed by atoms with E-state index in [9.17, 15) is 19.5 Å². The molecule has 4 N–H and O–H groups in total. The number of nitriles is 1. The molecule has 1 fully saturated rings. The second-order valence-electron chi connectivity index (χ2n) is 10.4. The van der Waals surface area contributed by atoms with E-state index < -0.39 is 35.0 Å². The number of nitrogens with two attached hydrogens (primary N) is 1. The Balaban J connectivity index is 1.83. The first-order valence-corrected chi connectivity index (χ1v) is 12.2. The standard InChI is InChI=1S/C28H34N4O5/c1-18-15-21(9-10-22(18)17-29)20-7-5-19(6-8-20)16-23(24(30)33)31-25(34)28(11-13-37-14-12-28)32(26(35)36)27(2,3)4/h5-10,15,23H,11-14,16H2,1-4H3,(H2,30,33)(H,31,34)(H,35,36)/t23-/m0/s1. The highest BCUT2D eigenvalue weighted by Gasteiger charge is 2.52. The van der Waals surface area contributed by atoms with Crippen LogP contribution in [0.2, 0.25) is 0 Å². The smallest absolute Gasteiger partial charge is 0.408 e. The van der Waals surface area contributed by atoms with Crippen molar-refractivity contribution < 1.29 is 24.2 Å². The summed E-state index contributed by atoms with van der Waals surface area (Å²) in [5, 5.41) is 21.9. The number of primary amides is 1. The summed E-state index contributed by atoms with van der Waals surface area (Å²) in [7, 11) is 0. The van der Waals surface area contributed by atoms with Gasteiger partial charge >= 0.3 is 6.09 Å². The van der Waals surface area contributed by atoms with Crippen LogP contribution in [0.3, 0.4) is 0 Å². The van der Waals surface area contributed by atoms with Crippen molar-refractivity contribution in [2.45, 2.75) is 64.1 Å². The van der Waals surface area contributed by atoms with Crippen molar-refractivity contribution in [1.29, 1.82) is 5.26 Å². The van der Waals surface area contributed by atoms with Crippen LogP contribution in [0.25, 0.3) is 11.1 Å². The number of hydrogen-bond donors (Lipinski definition) is 3. The number of carbonyl (C=O) groups is 3. The van der Waals surface area contributed by atoms with E-state index in [-0.39, 0.29) is 32.5 Å². The molecule has 0 aliphatic carbocycles. The average Bonchev–Trinajstić information content (AvgIpc) is 2.83. The van der Waals surface area contributed by atoms with Crippen LogP contribution in [0.1, 0.15) is 50.3 Å². The third-order valence-corrected chi connectivity index (χ3v) is 6.76. The van der Waals surface area contributed by atoms with Crippen molar-refractivity contribution in [3.63, 3.8) is 0 Å². The number of nitrogens with one attached hydrogen (secondary N) is 1. The van der Waals surface area contributed by atoms with Gasteiger partial charge in [0.1, 0.15) is 11.6 Å². The van der Waals surface area contributed by atoms with Gasteiger partial charge in [0.05, 0.1) is 11.6 Å². The molecule has 2 aromatic rings. The topological polar surface area (TPSA) is 146 Å². The van der Waals surface area contributed by atoms with Crippen LogP contribution in [-0.2, 0) is 20.7 Å². The highest BCUT2D eigenvalue weighted by Crippen LogP contribution is 2.34. The summed E-state index contributed by atoms with van der Waals surface area (Å²) in [5.74, 6) is -1.26. The lowest BCUT2D eigenvalue weighted by Gasteiger charge is -2.49. The molecule has 9 nitrogen and oxygen atoms in total. The van der Waals surface area contributed by atoms with Gasteiger partial charge in [-0.3, -0.25) is 14.5 Å². The normalized spacial score (nSPS) is 15.8. The number of carboxylic acid groups (broad SMARTS) is 1. The molecule has 0 unspecified atom stereocenters. The van der Waals surface area contributed by atoms with Gasteiger partial charge in [0.15, 0.2) is 0 Å². The summed E-state index contributed by atoms with van der Waals surface area (Å²) in [6, 6.07) is 14.3. The first kappa shape index (κ1) is 27.7. The molecule has 0 aromatic heterocycles. The Morgan fingerprint density at radius 3 is 2.22 bits per heavy atom. The maximum atomic E-state index is 13.6. The maximum absolute atomic E-state index is 13.6. The van der Waals surface area contributed by atoms with E-state index in [2.05, 4.69) is 11.4 Å². The molecule has 196 valence electrons. The van der Waals surface area contributed by atoms with Crippen LogP contribution >= 0.6 is 0 Å². The summed E-state index contributed by atoms with van der Waals surface area (Å²) >= 11 is 0. The van der Waals surface area contributed by atoms with Crippen molar-refractivity contribution in [2.24, 2.45) is 5.73 Å². The molecule has 1 heterocycles. The molecule has 3 amide bonds. The molecule has 0 bridgehead atoms. The van der Waals surface area contributed by atoms with Gasteiger partial charge < -0.3 is 20.9 Å². The molecule has 9 heteroatoms. The molecule has 2 aromatic carbocycles. The van der Waals surface area contributed by atoms with Crippen molar-refractivity contribution in [2.75, 3.05) is 13.2 Å². The first-order valence-electron chi connectivity index (χ1n) is 12.2. The van der Waals surface area contributed by atoms with Gasteiger partial charge in [-0.1, -0.05) is 36.4 Å². The van der Waals surface area contributed by atoms with Gasteiger partial charge in [0, 0.05) is 38.0 Å². The highest BCUT2D eigenvalue weighted by molar-refractivity contribution is 5.94. The predicted octanol–water partition coefficient (Wildman–Crippen LogP) is 3.37. The highest BCUT2D eigenvalue weighted by atomic mass is 16.5. The number of rotatable bonds is 7. The van der Waals surface area contributed by atoms with Gasteiger partial charge in [-0.05, 0) is 56.0 Å². The lowest BCUT2D eigenvalue weighted by atomic mass is 9.83. The number of benzene rings is 2. The van der Waals surface area contributed by atoms with E-state index in [0.29, 0.717) is 5.56 Å². The SMILES string of the molecule is Cc1cc(-c2ccc(C[C@H](NC(=O)C3(N(C(=O)O)C(C)(C)C)CCOCC3)C(N)=O)cc2)ccc1C#N. The summed E-state index contributed by atoms with van der Waals surface area (Å²) in [5.41, 5.74) is 7.61. The molecule has 1 aliphatic rings. The Bertz CT molecular complexity index is 1200. The Labute approximate surface area is 217 Å². The first-order chi connectivity index (χ1) is 17.4. The number of amides is 3. The Hall–Kier alpha value is -3.90. The monoisotopic (exact) mass is 506 g/mol. The summed E-state index contributed by atoms with van der Waals surface area (Å²) in [4.78, 5) is 39.4. The van der Waals surface area contributed by atoms with E-state index in [1.165, 1.54) is 4.90 Å². The minimum absolute atomic E-state index is 0.156. The fraction of sp³-hybridized carbons (Fsp3) is 0.429. The lowest BCUT2D eigenvalue weighted by Crippen LogP contribution is -2.69. The largest absolute Gasteiger partial charge is 0.465 e. The van der Waals surface area contributed by atoms with Gasteiger partial charge in [0.25, 0.3) is 0 Å². The van der Waals surface area contributed by atoms with Crippen molar-refractivity contribution >= 4 is 17.9 Å². The van der Waals surface area contributed by atoms with E-state index in [1.807, 2.05) is 43.3 Å². The van der Waals surface area contributed by atoms with Gasteiger partial charge in [-0.25, -0.2) is 4.79 Å². The van der Waals surface area contributed by atoms with E-state index in [1.54, 1.807) is 26.8 Å². The molecule has 37 heavy (non-hydrogen) atoms. The van der Waals surface area contributed by atoms with Crippen LogP contribution < -0.4 is 11.1 Å². The number of hydrogen-bond acceptors (Lipinski definition) is 5. The Morgan fingerprint density at radius 2 is 1.73 bits per heavy atom. The molecule has 0 saturated carbocycles. The summed E-state index contributed by atoms with van der Waals surface area (Å²) < 4.78 is 5.43. The zero-order valence-corrected chi connectivity index (χ0v) is 21.7. The number of aryl methyl sites for hydroxylation is 1. The van der Waals surface area contributed by atoms with Crippen LogP contribution in [0.4, 0.5) is 4.79 Å². The number of ether oxygens (including phenoxy) is 1. The fourth-order valence-corrected chi connectivity index (χ4v) is 4.93. The molecule has 0 radical (unpaired) electrons. The molecule has 1 atom stereocenters. The Kier molecular flexibility index (Phi) is 8.24. The molecule has 0 spiro atoms.